The van der Waals surface area contributed by atoms with Crippen molar-refractivity contribution in [3.63, 3.8) is 0 Å². The average Bonchev–Trinajstić information content (AvgIpc) is 3.19. The summed E-state index contributed by atoms with van der Waals surface area (Å²) < 4.78 is 13.4. The van der Waals surface area contributed by atoms with Crippen LogP contribution in [0.2, 0.25) is 0 Å². The minimum atomic E-state index is -0.592. The Morgan fingerprint density at radius 2 is 2.13 bits per heavy atom. The average molecular weight is 487 g/mol. The normalized spacial score (nSPS) is 12.8. The maximum Gasteiger partial charge on any atom is 0.269 e. The van der Waals surface area contributed by atoms with E-state index in [9.17, 15) is 9.59 Å². The first-order chi connectivity index (χ1) is 15.0. The first-order valence-corrected chi connectivity index (χ1v) is 10.3. The summed E-state index contributed by atoms with van der Waals surface area (Å²) in [5.74, 6) is 0.489. The van der Waals surface area contributed by atoms with Crippen molar-refractivity contribution in [1.82, 2.24) is 25.1 Å². The Balaban J connectivity index is 1.70. The molecule has 160 valence electrons. The second-order valence-corrected chi connectivity index (χ2v) is 7.49. The van der Waals surface area contributed by atoms with Crippen LogP contribution in [0.1, 0.15) is 17.4 Å². The number of halogens is 1. The van der Waals surface area contributed by atoms with Gasteiger partial charge in [-0.05, 0) is 47.1 Å². The predicted octanol–water partition coefficient (Wildman–Crippen LogP) is 1.78. The SMILES string of the molecule is CCOc1cc(-c2nccc(-c3cc4n(n3)CCNC4=O)n2)cc(Br)c1OCC(N)=O. The summed E-state index contributed by atoms with van der Waals surface area (Å²) in [6.45, 7) is 3.11. The van der Waals surface area contributed by atoms with Gasteiger partial charge in [0, 0.05) is 18.3 Å². The van der Waals surface area contributed by atoms with Crippen molar-refractivity contribution in [2.45, 2.75) is 13.5 Å². The summed E-state index contributed by atoms with van der Waals surface area (Å²) in [6, 6.07) is 6.94. The molecule has 0 unspecified atom stereocenters. The minimum absolute atomic E-state index is 0.156. The fourth-order valence-electron chi connectivity index (χ4n) is 3.14. The molecule has 0 spiro atoms. The lowest BCUT2D eigenvalue weighted by Gasteiger charge is -2.14. The Morgan fingerprint density at radius 1 is 1.29 bits per heavy atom. The van der Waals surface area contributed by atoms with Gasteiger partial charge < -0.3 is 20.5 Å². The van der Waals surface area contributed by atoms with Gasteiger partial charge in [0.25, 0.3) is 11.8 Å². The van der Waals surface area contributed by atoms with Crippen LogP contribution in [0.5, 0.6) is 11.5 Å². The van der Waals surface area contributed by atoms with Crippen LogP contribution in [0, 0.1) is 0 Å². The lowest BCUT2D eigenvalue weighted by atomic mass is 10.1. The van der Waals surface area contributed by atoms with Gasteiger partial charge in [-0.2, -0.15) is 5.10 Å². The number of hydrogen-bond donors (Lipinski definition) is 2. The van der Waals surface area contributed by atoms with Gasteiger partial charge in [-0.3, -0.25) is 14.3 Å². The number of nitrogens with two attached hydrogens (primary N) is 1. The molecule has 1 aliphatic rings. The van der Waals surface area contributed by atoms with Crippen molar-refractivity contribution < 1.29 is 19.1 Å². The van der Waals surface area contributed by atoms with E-state index >= 15 is 0 Å². The maximum absolute atomic E-state index is 12.0. The lowest BCUT2D eigenvalue weighted by Crippen LogP contribution is -2.35. The van der Waals surface area contributed by atoms with E-state index in [0.717, 1.165) is 0 Å². The third-order valence-electron chi connectivity index (χ3n) is 4.47. The van der Waals surface area contributed by atoms with Crippen molar-refractivity contribution in [2.24, 2.45) is 5.73 Å². The molecular formula is C20H19BrN6O4. The van der Waals surface area contributed by atoms with Gasteiger partial charge in [-0.1, -0.05) is 0 Å². The molecule has 1 aromatic carbocycles. The maximum atomic E-state index is 12.0. The van der Waals surface area contributed by atoms with E-state index in [1.807, 2.05) is 6.92 Å². The zero-order valence-electron chi connectivity index (χ0n) is 16.6. The third kappa shape index (κ3) is 4.36. The van der Waals surface area contributed by atoms with E-state index in [0.29, 0.717) is 64.1 Å². The second kappa shape index (κ2) is 8.72. The number of nitrogens with one attached hydrogen (secondary N) is 1. The highest BCUT2D eigenvalue weighted by Crippen LogP contribution is 2.39. The Hall–Kier alpha value is -3.47. The Kier molecular flexibility index (Phi) is 5.85. The Morgan fingerprint density at radius 3 is 2.87 bits per heavy atom. The summed E-state index contributed by atoms with van der Waals surface area (Å²) >= 11 is 3.45. The van der Waals surface area contributed by atoms with E-state index < -0.39 is 5.91 Å². The largest absolute Gasteiger partial charge is 0.490 e. The third-order valence-corrected chi connectivity index (χ3v) is 5.06. The van der Waals surface area contributed by atoms with Gasteiger partial charge in [-0.15, -0.1) is 0 Å². The molecule has 2 aromatic heterocycles. The lowest BCUT2D eigenvalue weighted by molar-refractivity contribution is -0.119. The van der Waals surface area contributed by atoms with Crippen LogP contribution in [0.15, 0.2) is 34.9 Å². The molecule has 3 aromatic rings. The predicted molar refractivity (Wildman–Crippen MR) is 115 cm³/mol. The van der Waals surface area contributed by atoms with Gasteiger partial charge in [0.05, 0.1) is 23.3 Å². The molecule has 4 rings (SSSR count). The molecule has 3 heterocycles. The number of primary amides is 1. The van der Waals surface area contributed by atoms with Crippen molar-refractivity contribution >= 4 is 27.7 Å². The molecule has 1 aliphatic heterocycles. The number of hydrogen-bond acceptors (Lipinski definition) is 7. The summed E-state index contributed by atoms with van der Waals surface area (Å²) in [5.41, 5.74) is 7.52. The first kappa shape index (κ1) is 20.8. The molecule has 3 N–H and O–H groups in total. The molecule has 0 saturated heterocycles. The summed E-state index contributed by atoms with van der Waals surface area (Å²) in [5, 5.41) is 7.29. The molecule has 0 fully saturated rings. The van der Waals surface area contributed by atoms with Crippen molar-refractivity contribution in [2.75, 3.05) is 19.8 Å². The van der Waals surface area contributed by atoms with Crippen LogP contribution in [0.3, 0.4) is 0 Å². The van der Waals surface area contributed by atoms with Crippen molar-refractivity contribution in [3.05, 3.63) is 40.6 Å². The molecule has 31 heavy (non-hydrogen) atoms. The highest BCUT2D eigenvalue weighted by Gasteiger charge is 2.21. The summed E-state index contributed by atoms with van der Waals surface area (Å²) in [6.07, 6.45) is 1.63. The number of rotatable bonds is 7. The summed E-state index contributed by atoms with van der Waals surface area (Å²) in [4.78, 5) is 32.1. The van der Waals surface area contributed by atoms with Gasteiger partial charge in [-0.25, -0.2) is 9.97 Å². The number of fused-ring (bicyclic) bond motifs is 1. The molecule has 0 bridgehead atoms. The van der Waals surface area contributed by atoms with E-state index in [2.05, 4.69) is 36.3 Å². The van der Waals surface area contributed by atoms with Crippen LogP contribution in [0.25, 0.3) is 22.8 Å². The fraction of sp³-hybridized carbons (Fsp3) is 0.250. The standard InChI is InChI=1S/C20H19BrN6O4/c1-2-30-16-8-11(7-12(21)18(16)31-10-17(22)28)19-23-4-3-13(25-19)14-9-15-20(29)24-5-6-27(15)26-14/h3-4,7-9H,2,5-6,10H2,1H3,(H2,22,28)(H,24,29). The van der Waals surface area contributed by atoms with Gasteiger partial charge in [0.15, 0.2) is 23.9 Å². The summed E-state index contributed by atoms with van der Waals surface area (Å²) in [7, 11) is 0. The number of ether oxygens (including phenoxy) is 2. The first-order valence-electron chi connectivity index (χ1n) is 9.53. The molecule has 10 nitrogen and oxygen atoms in total. The molecule has 0 radical (unpaired) electrons. The van der Waals surface area contributed by atoms with E-state index in [4.69, 9.17) is 15.2 Å². The fourth-order valence-corrected chi connectivity index (χ4v) is 3.70. The second-order valence-electron chi connectivity index (χ2n) is 6.63. The number of carbonyl (C=O) groups excluding carboxylic acids is 2. The number of carbonyl (C=O) groups is 2. The van der Waals surface area contributed by atoms with Gasteiger partial charge >= 0.3 is 0 Å². The Bertz CT molecular complexity index is 1160. The van der Waals surface area contributed by atoms with Crippen LogP contribution >= 0.6 is 15.9 Å². The van der Waals surface area contributed by atoms with Gasteiger partial charge in [0.2, 0.25) is 0 Å². The van der Waals surface area contributed by atoms with Crippen LogP contribution in [-0.4, -0.2) is 51.3 Å². The van der Waals surface area contributed by atoms with E-state index in [1.54, 1.807) is 35.1 Å². The molecule has 2 amide bonds. The highest BCUT2D eigenvalue weighted by molar-refractivity contribution is 9.10. The monoisotopic (exact) mass is 486 g/mol. The van der Waals surface area contributed by atoms with Crippen molar-refractivity contribution in [1.29, 1.82) is 0 Å². The number of aromatic nitrogens is 4. The smallest absolute Gasteiger partial charge is 0.269 e. The molecule has 0 aliphatic carbocycles. The number of nitrogens with zero attached hydrogens (tertiary/aromatic N) is 4. The number of amides is 2. The minimum Gasteiger partial charge on any atom is -0.490 e. The highest BCUT2D eigenvalue weighted by atomic mass is 79.9. The number of benzene rings is 1. The van der Waals surface area contributed by atoms with Crippen LogP contribution < -0.4 is 20.5 Å². The van der Waals surface area contributed by atoms with Gasteiger partial charge in [0.1, 0.15) is 11.4 Å². The topological polar surface area (TPSA) is 134 Å². The molecule has 11 heteroatoms. The molecule has 0 saturated carbocycles. The quantitative estimate of drug-likeness (QED) is 0.519. The van der Waals surface area contributed by atoms with E-state index in [-0.39, 0.29) is 12.5 Å². The molecular weight excluding hydrogens is 468 g/mol. The van der Waals surface area contributed by atoms with E-state index in [1.165, 1.54) is 0 Å². The Labute approximate surface area is 185 Å². The van der Waals surface area contributed by atoms with Crippen LogP contribution in [-0.2, 0) is 11.3 Å². The molecule has 0 atom stereocenters. The zero-order valence-corrected chi connectivity index (χ0v) is 18.2. The van der Waals surface area contributed by atoms with Crippen LogP contribution in [0.4, 0.5) is 0 Å². The zero-order chi connectivity index (χ0) is 22.0. The van der Waals surface area contributed by atoms with Crippen molar-refractivity contribution in [3.8, 4) is 34.3 Å².